The molecule has 0 bridgehead atoms. The number of carbonyl (C=O) groups excluding carboxylic acids is 1. The van der Waals surface area contributed by atoms with Crippen molar-refractivity contribution in [2.24, 2.45) is 5.73 Å². The molecule has 0 aliphatic rings. The minimum absolute atomic E-state index is 0.100. The molecule has 7 nitrogen and oxygen atoms in total. The van der Waals surface area contributed by atoms with Gasteiger partial charge in [0.25, 0.3) is 0 Å². The van der Waals surface area contributed by atoms with E-state index in [1.54, 1.807) is 11.3 Å². The lowest BCUT2D eigenvalue weighted by atomic mass is 10.2. The maximum atomic E-state index is 11.1. The number of thiazole rings is 1. The Balaban J connectivity index is 1.84. The van der Waals surface area contributed by atoms with Gasteiger partial charge in [0.2, 0.25) is 5.91 Å². The van der Waals surface area contributed by atoms with Gasteiger partial charge < -0.3 is 11.1 Å². The van der Waals surface area contributed by atoms with Gasteiger partial charge in [-0.05, 0) is 37.7 Å². The van der Waals surface area contributed by atoms with E-state index in [1.807, 2.05) is 31.2 Å². The van der Waals surface area contributed by atoms with Gasteiger partial charge in [-0.2, -0.15) is 5.10 Å². The van der Waals surface area contributed by atoms with E-state index in [9.17, 15) is 4.79 Å². The van der Waals surface area contributed by atoms with Gasteiger partial charge in [0.15, 0.2) is 11.6 Å². The Bertz CT molecular complexity index is 852. The number of hydrogen-bond donors (Lipinski definition) is 3. The first-order valence-electron chi connectivity index (χ1n) is 7.54. The fourth-order valence-corrected chi connectivity index (χ4v) is 3.32. The van der Waals surface area contributed by atoms with Crippen molar-refractivity contribution in [3.8, 4) is 22.1 Å². The Hall–Kier alpha value is -2.58. The van der Waals surface area contributed by atoms with E-state index in [2.05, 4.69) is 25.5 Å². The first kappa shape index (κ1) is 16.3. The molecule has 3 aromatic rings. The summed E-state index contributed by atoms with van der Waals surface area (Å²) in [5, 5.41) is 11.0. The summed E-state index contributed by atoms with van der Waals surface area (Å²) in [6.45, 7) is 4.01. The van der Waals surface area contributed by atoms with Gasteiger partial charge in [0, 0.05) is 24.6 Å². The molecule has 0 saturated carbocycles. The van der Waals surface area contributed by atoms with Gasteiger partial charge >= 0.3 is 0 Å². The fourth-order valence-electron chi connectivity index (χ4n) is 2.30. The van der Waals surface area contributed by atoms with E-state index in [1.165, 1.54) is 6.92 Å². The number of anilines is 1. The van der Waals surface area contributed by atoms with Gasteiger partial charge in [-0.25, -0.2) is 9.97 Å². The van der Waals surface area contributed by atoms with Crippen LogP contribution in [0, 0.1) is 6.92 Å². The summed E-state index contributed by atoms with van der Waals surface area (Å²) in [6, 6.07) is 7.39. The molecule has 0 aliphatic carbocycles. The van der Waals surface area contributed by atoms with Crippen molar-refractivity contribution in [2.75, 3.05) is 11.9 Å². The first-order chi connectivity index (χ1) is 11.6. The number of benzene rings is 1. The second kappa shape index (κ2) is 6.90. The number of aryl methyl sites for hydroxylation is 1. The van der Waals surface area contributed by atoms with E-state index in [-0.39, 0.29) is 5.91 Å². The third-order valence-electron chi connectivity index (χ3n) is 3.36. The lowest BCUT2D eigenvalue weighted by Crippen LogP contribution is -2.05. The monoisotopic (exact) mass is 342 g/mol. The van der Waals surface area contributed by atoms with Crippen LogP contribution in [0.2, 0.25) is 0 Å². The molecule has 0 saturated heterocycles. The minimum Gasteiger partial charge on any atom is -0.330 e. The SMILES string of the molecule is CC(=O)Nc1ccc(-c2n[nH]c(-c3sc(CCN)nc3C)n2)cc1. The minimum atomic E-state index is -0.100. The molecule has 124 valence electrons. The average molecular weight is 342 g/mol. The number of nitrogens with zero attached hydrogens (tertiary/aromatic N) is 3. The molecule has 0 aliphatic heterocycles. The van der Waals surface area contributed by atoms with Crippen molar-refractivity contribution < 1.29 is 4.79 Å². The number of H-pyrrole nitrogens is 1. The summed E-state index contributed by atoms with van der Waals surface area (Å²) >= 11 is 1.58. The van der Waals surface area contributed by atoms with Crippen LogP contribution < -0.4 is 11.1 Å². The number of amides is 1. The first-order valence-corrected chi connectivity index (χ1v) is 8.35. The summed E-state index contributed by atoms with van der Waals surface area (Å²) in [6.07, 6.45) is 0.761. The van der Waals surface area contributed by atoms with E-state index >= 15 is 0 Å². The zero-order chi connectivity index (χ0) is 17.1. The number of aromatic nitrogens is 4. The van der Waals surface area contributed by atoms with Crippen molar-refractivity contribution in [1.29, 1.82) is 0 Å². The molecular formula is C16H18N6OS. The van der Waals surface area contributed by atoms with Crippen LogP contribution in [-0.4, -0.2) is 32.6 Å². The van der Waals surface area contributed by atoms with Gasteiger partial charge in [-0.3, -0.25) is 9.89 Å². The number of nitrogens with one attached hydrogen (secondary N) is 2. The van der Waals surface area contributed by atoms with E-state index in [4.69, 9.17) is 5.73 Å². The Labute approximate surface area is 143 Å². The molecule has 3 rings (SSSR count). The number of rotatable bonds is 5. The molecule has 0 unspecified atom stereocenters. The van der Waals surface area contributed by atoms with Crippen LogP contribution in [0.1, 0.15) is 17.6 Å². The predicted octanol–water partition coefficient (Wildman–Crippen LogP) is 2.36. The maximum absolute atomic E-state index is 11.1. The Morgan fingerprint density at radius 3 is 2.71 bits per heavy atom. The van der Waals surface area contributed by atoms with E-state index in [0.717, 1.165) is 33.3 Å². The lowest BCUT2D eigenvalue weighted by Gasteiger charge is -2.01. The predicted molar refractivity (Wildman–Crippen MR) is 94.7 cm³/mol. The largest absolute Gasteiger partial charge is 0.330 e. The molecular weight excluding hydrogens is 324 g/mol. The van der Waals surface area contributed by atoms with Gasteiger partial charge in [-0.15, -0.1) is 11.3 Å². The molecule has 2 heterocycles. The molecule has 2 aromatic heterocycles. The van der Waals surface area contributed by atoms with Crippen molar-refractivity contribution in [2.45, 2.75) is 20.3 Å². The highest BCUT2D eigenvalue weighted by Gasteiger charge is 2.14. The molecule has 0 radical (unpaired) electrons. The third kappa shape index (κ3) is 3.50. The highest BCUT2D eigenvalue weighted by Crippen LogP contribution is 2.29. The van der Waals surface area contributed by atoms with Crippen molar-refractivity contribution >= 4 is 22.9 Å². The summed E-state index contributed by atoms with van der Waals surface area (Å²) < 4.78 is 0. The molecule has 4 N–H and O–H groups in total. The van der Waals surface area contributed by atoms with Gasteiger partial charge in [-0.1, -0.05) is 0 Å². The van der Waals surface area contributed by atoms with Gasteiger partial charge in [0.05, 0.1) is 15.6 Å². The van der Waals surface area contributed by atoms with E-state index < -0.39 is 0 Å². The second-order valence-corrected chi connectivity index (χ2v) is 6.41. The van der Waals surface area contributed by atoms with Crippen LogP contribution in [-0.2, 0) is 11.2 Å². The topological polar surface area (TPSA) is 110 Å². The summed E-state index contributed by atoms with van der Waals surface area (Å²) in [7, 11) is 0. The summed E-state index contributed by atoms with van der Waals surface area (Å²) in [4.78, 5) is 21.1. The van der Waals surface area contributed by atoms with Crippen molar-refractivity contribution in [3.63, 3.8) is 0 Å². The smallest absolute Gasteiger partial charge is 0.221 e. The number of nitrogens with two attached hydrogens (primary N) is 1. The molecule has 0 atom stereocenters. The van der Waals surface area contributed by atoms with Crippen LogP contribution in [0.25, 0.3) is 22.1 Å². The van der Waals surface area contributed by atoms with Crippen LogP contribution in [0.4, 0.5) is 5.69 Å². The highest BCUT2D eigenvalue weighted by atomic mass is 32.1. The van der Waals surface area contributed by atoms with E-state index in [0.29, 0.717) is 18.2 Å². The molecule has 1 amide bonds. The summed E-state index contributed by atoms with van der Waals surface area (Å²) in [5.41, 5.74) is 8.12. The van der Waals surface area contributed by atoms with Gasteiger partial charge in [0.1, 0.15) is 0 Å². The fraction of sp³-hybridized carbons (Fsp3) is 0.250. The number of aromatic amines is 1. The zero-order valence-electron chi connectivity index (χ0n) is 13.5. The number of carbonyl (C=O) groups is 1. The summed E-state index contributed by atoms with van der Waals surface area (Å²) in [5.74, 6) is 1.21. The molecule has 0 fully saturated rings. The van der Waals surface area contributed by atoms with Crippen molar-refractivity contribution in [3.05, 3.63) is 35.0 Å². The quantitative estimate of drug-likeness (QED) is 0.659. The Morgan fingerprint density at radius 1 is 1.29 bits per heavy atom. The van der Waals surface area contributed by atoms with Crippen molar-refractivity contribution in [1.82, 2.24) is 20.2 Å². The molecule has 24 heavy (non-hydrogen) atoms. The highest BCUT2D eigenvalue weighted by molar-refractivity contribution is 7.15. The molecule has 1 aromatic carbocycles. The molecule has 8 heteroatoms. The van der Waals surface area contributed by atoms with Crippen LogP contribution in [0.3, 0.4) is 0 Å². The Kier molecular flexibility index (Phi) is 4.68. The zero-order valence-corrected chi connectivity index (χ0v) is 14.3. The lowest BCUT2D eigenvalue weighted by molar-refractivity contribution is -0.114. The second-order valence-electron chi connectivity index (χ2n) is 5.33. The maximum Gasteiger partial charge on any atom is 0.221 e. The number of hydrogen-bond acceptors (Lipinski definition) is 6. The Morgan fingerprint density at radius 2 is 2.04 bits per heavy atom. The third-order valence-corrected chi connectivity index (χ3v) is 4.59. The van der Waals surface area contributed by atoms with Crippen LogP contribution >= 0.6 is 11.3 Å². The van der Waals surface area contributed by atoms with Crippen LogP contribution in [0.15, 0.2) is 24.3 Å². The molecule has 0 spiro atoms. The standard InChI is InChI=1S/C16H18N6OS/c1-9-14(24-13(18-9)7-8-17)16-20-15(21-22-16)11-3-5-12(6-4-11)19-10(2)23/h3-6H,7-8,17H2,1-2H3,(H,19,23)(H,20,21,22). The average Bonchev–Trinajstić information content (AvgIpc) is 3.15. The normalized spacial score (nSPS) is 10.8. The van der Waals surface area contributed by atoms with Crippen LogP contribution in [0.5, 0.6) is 0 Å².